The van der Waals surface area contributed by atoms with Crippen LogP contribution in [0.5, 0.6) is 0 Å². The molecule has 1 amide bonds. The molecule has 2 rings (SSSR count). The maximum absolute atomic E-state index is 12.4. The summed E-state index contributed by atoms with van der Waals surface area (Å²) in [6.07, 6.45) is 4.74. The Morgan fingerprint density at radius 2 is 2.00 bits per heavy atom. The van der Waals surface area contributed by atoms with Crippen molar-refractivity contribution in [2.75, 3.05) is 13.1 Å². The van der Waals surface area contributed by atoms with Crippen LogP contribution in [0.3, 0.4) is 0 Å². The lowest BCUT2D eigenvalue weighted by atomic mass is 9.98. The minimum absolute atomic E-state index is 0.124. The maximum atomic E-state index is 12.4. The smallest absolute Gasteiger partial charge is 0.239 e. The summed E-state index contributed by atoms with van der Waals surface area (Å²) in [5.74, 6) is 0.210. The van der Waals surface area contributed by atoms with Crippen LogP contribution in [-0.4, -0.2) is 29.9 Å². The standard InChI is InChI=1S/C18H28N2O/c1-4-20(5-2)18(21)14(3)19-17-13-9-7-11-15-10-6-8-12-16(15)17/h6,8,10,12,14,17,19H,4-5,7,9,11,13H2,1-3H3. The lowest BCUT2D eigenvalue weighted by molar-refractivity contribution is -0.132. The third-order valence-electron chi connectivity index (χ3n) is 4.52. The van der Waals surface area contributed by atoms with E-state index in [0.29, 0.717) is 6.04 Å². The molecule has 2 unspecified atom stereocenters. The van der Waals surface area contributed by atoms with Gasteiger partial charge < -0.3 is 4.90 Å². The van der Waals surface area contributed by atoms with Crippen molar-refractivity contribution in [2.24, 2.45) is 0 Å². The van der Waals surface area contributed by atoms with E-state index in [1.807, 2.05) is 25.7 Å². The lowest BCUT2D eigenvalue weighted by Crippen LogP contribution is -2.45. The summed E-state index contributed by atoms with van der Waals surface area (Å²) in [7, 11) is 0. The highest BCUT2D eigenvalue weighted by molar-refractivity contribution is 5.81. The molecule has 0 saturated carbocycles. The molecule has 0 aliphatic heterocycles. The van der Waals surface area contributed by atoms with Gasteiger partial charge in [-0.15, -0.1) is 0 Å². The Balaban J connectivity index is 2.10. The highest BCUT2D eigenvalue weighted by Crippen LogP contribution is 2.28. The topological polar surface area (TPSA) is 32.3 Å². The zero-order chi connectivity index (χ0) is 15.2. The van der Waals surface area contributed by atoms with Gasteiger partial charge in [-0.25, -0.2) is 0 Å². The Morgan fingerprint density at radius 3 is 2.71 bits per heavy atom. The number of likely N-dealkylation sites (N-methyl/N-ethyl adjacent to an activating group) is 1. The molecule has 2 atom stereocenters. The third-order valence-corrected chi connectivity index (χ3v) is 4.52. The predicted molar refractivity (Wildman–Crippen MR) is 87.3 cm³/mol. The second-order valence-corrected chi connectivity index (χ2v) is 5.90. The van der Waals surface area contributed by atoms with Crippen molar-refractivity contribution in [3.63, 3.8) is 0 Å². The molecule has 116 valence electrons. The zero-order valence-electron chi connectivity index (χ0n) is 13.6. The van der Waals surface area contributed by atoms with Crippen LogP contribution >= 0.6 is 0 Å². The average molecular weight is 288 g/mol. The number of aryl methyl sites for hydroxylation is 1. The summed E-state index contributed by atoms with van der Waals surface area (Å²) in [5.41, 5.74) is 2.82. The molecule has 0 spiro atoms. The van der Waals surface area contributed by atoms with Gasteiger partial charge in [0.1, 0.15) is 0 Å². The molecule has 0 fully saturated rings. The van der Waals surface area contributed by atoms with Crippen molar-refractivity contribution >= 4 is 5.91 Å². The molecule has 3 heteroatoms. The Hall–Kier alpha value is -1.35. The third kappa shape index (κ3) is 3.85. The molecule has 0 saturated heterocycles. The second-order valence-electron chi connectivity index (χ2n) is 5.90. The van der Waals surface area contributed by atoms with Gasteiger partial charge in [0, 0.05) is 19.1 Å². The van der Waals surface area contributed by atoms with Crippen LogP contribution in [0.2, 0.25) is 0 Å². The van der Waals surface area contributed by atoms with Crippen molar-refractivity contribution in [2.45, 2.75) is 58.5 Å². The number of rotatable bonds is 5. The second kappa shape index (κ2) is 7.60. The first-order valence-corrected chi connectivity index (χ1v) is 8.30. The molecule has 1 N–H and O–H groups in total. The van der Waals surface area contributed by atoms with Crippen molar-refractivity contribution in [1.82, 2.24) is 10.2 Å². The van der Waals surface area contributed by atoms with Gasteiger partial charge in [-0.1, -0.05) is 30.7 Å². The first-order valence-electron chi connectivity index (χ1n) is 8.30. The fourth-order valence-electron chi connectivity index (χ4n) is 3.28. The number of carbonyl (C=O) groups excluding carboxylic acids is 1. The molecule has 3 nitrogen and oxygen atoms in total. The fraction of sp³-hybridized carbons (Fsp3) is 0.611. The summed E-state index contributed by atoms with van der Waals surface area (Å²) in [5, 5.41) is 3.57. The van der Waals surface area contributed by atoms with Crippen LogP contribution in [0.15, 0.2) is 24.3 Å². The number of amides is 1. The Morgan fingerprint density at radius 1 is 1.29 bits per heavy atom. The van der Waals surface area contributed by atoms with E-state index in [1.54, 1.807) is 0 Å². The van der Waals surface area contributed by atoms with Crippen LogP contribution < -0.4 is 5.32 Å². The lowest BCUT2D eigenvalue weighted by Gasteiger charge is -2.27. The molecule has 21 heavy (non-hydrogen) atoms. The first-order chi connectivity index (χ1) is 10.2. The van der Waals surface area contributed by atoms with E-state index in [1.165, 1.54) is 24.0 Å². The van der Waals surface area contributed by atoms with Gasteiger partial charge in [-0.3, -0.25) is 10.1 Å². The van der Waals surface area contributed by atoms with Gasteiger partial charge in [0.05, 0.1) is 6.04 Å². The molecular weight excluding hydrogens is 260 g/mol. The molecule has 0 heterocycles. The maximum Gasteiger partial charge on any atom is 0.239 e. The quantitative estimate of drug-likeness (QED) is 0.843. The van der Waals surface area contributed by atoms with E-state index in [2.05, 4.69) is 29.6 Å². The normalized spacial score (nSPS) is 19.5. The van der Waals surface area contributed by atoms with E-state index in [-0.39, 0.29) is 11.9 Å². The molecule has 0 bridgehead atoms. The number of nitrogens with zero attached hydrogens (tertiary/aromatic N) is 1. The first kappa shape index (κ1) is 16.0. The number of carbonyl (C=O) groups is 1. The van der Waals surface area contributed by atoms with Crippen LogP contribution in [0.25, 0.3) is 0 Å². The summed E-state index contributed by atoms with van der Waals surface area (Å²) in [6, 6.07) is 8.85. The summed E-state index contributed by atoms with van der Waals surface area (Å²) < 4.78 is 0. The molecule has 1 aliphatic rings. The van der Waals surface area contributed by atoms with E-state index in [0.717, 1.165) is 25.9 Å². The van der Waals surface area contributed by atoms with E-state index in [9.17, 15) is 4.79 Å². The van der Waals surface area contributed by atoms with Crippen molar-refractivity contribution in [3.8, 4) is 0 Å². The predicted octanol–water partition coefficient (Wildman–Crippen LogP) is 3.30. The number of hydrogen-bond acceptors (Lipinski definition) is 2. The summed E-state index contributed by atoms with van der Waals surface area (Å²) >= 11 is 0. The van der Waals surface area contributed by atoms with Gasteiger partial charge in [0.25, 0.3) is 0 Å². The molecule has 1 aromatic carbocycles. The van der Waals surface area contributed by atoms with Crippen molar-refractivity contribution in [3.05, 3.63) is 35.4 Å². The van der Waals surface area contributed by atoms with Gasteiger partial charge in [-0.2, -0.15) is 0 Å². The molecule has 0 aromatic heterocycles. The number of nitrogens with one attached hydrogen (secondary N) is 1. The summed E-state index contributed by atoms with van der Waals surface area (Å²) in [4.78, 5) is 14.3. The summed E-state index contributed by atoms with van der Waals surface area (Å²) in [6.45, 7) is 7.63. The Labute approximate surface area is 128 Å². The number of hydrogen-bond donors (Lipinski definition) is 1. The van der Waals surface area contributed by atoms with E-state index < -0.39 is 0 Å². The van der Waals surface area contributed by atoms with Crippen LogP contribution in [0, 0.1) is 0 Å². The van der Waals surface area contributed by atoms with Crippen molar-refractivity contribution in [1.29, 1.82) is 0 Å². The van der Waals surface area contributed by atoms with E-state index in [4.69, 9.17) is 0 Å². The molecule has 1 aromatic rings. The molecule has 1 aliphatic carbocycles. The average Bonchev–Trinajstić information content (AvgIpc) is 2.71. The van der Waals surface area contributed by atoms with Crippen LogP contribution in [0.1, 0.15) is 57.2 Å². The van der Waals surface area contributed by atoms with E-state index >= 15 is 0 Å². The van der Waals surface area contributed by atoms with Crippen LogP contribution in [-0.2, 0) is 11.2 Å². The van der Waals surface area contributed by atoms with Gasteiger partial charge >= 0.3 is 0 Å². The minimum Gasteiger partial charge on any atom is -0.342 e. The highest BCUT2D eigenvalue weighted by Gasteiger charge is 2.24. The minimum atomic E-state index is -0.124. The zero-order valence-corrected chi connectivity index (χ0v) is 13.6. The monoisotopic (exact) mass is 288 g/mol. The SMILES string of the molecule is CCN(CC)C(=O)C(C)NC1CCCCc2ccccc21. The molecular formula is C18H28N2O. The Kier molecular flexibility index (Phi) is 5.80. The van der Waals surface area contributed by atoms with Crippen molar-refractivity contribution < 1.29 is 4.79 Å². The number of benzene rings is 1. The highest BCUT2D eigenvalue weighted by atomic mass is 16.2. The van der Waals surface area contributed by atoms with Gasteiger partial charge in [0.15, 0.2) is 0 Å². The van der Waals surface area contributed by atoms with Gasteiger partial charge in [-0.05, 0) is 51.2 Å². The number of fused-ring (bicyclic) bond motifs is 1. The van der Waals surface area contributed by atoms with Gasteiger partial charge in [0.2, 0.25) is 5.91 Å². The largest absolute Gasteiger partial charge is 0.342 e. The molecule has 0 radical (unpaired) electrons. The van der Waals surface area contributed by atoms with Crippen LogP contribution in [0.4, 0.5) is 0 Å². The Bertz CT molecular complexity index is 468. The fourth-order valence-corrected chi connectivity index (χ4v) is 3.28.